The van der Waals surface area contributed by atoms with Crippen LogP contribution in [0.2, 0.25) is 0 Å². The van der Waals surface area contributed by atoms with E-state index in [2.05, 4.69) is 10.3 Å². The van der Waals surface area contributed by atoms with Crippen molar-refractivity contribution >= 4 is 23.7 Å². The number of aryl methyl sites for hydroxylation is 1. The van der Waals surface area contributed by atoms with Crippen molar-refractivity contribution in [3.05, 3.63) is 119 Å². The molecule has 1 aliphatic rings. The number of hydrogen-bond donors (Lipinski definition) is 2. The quantitative estimate of drug-likeness (QED) is 0.283. The summed E-state index contributed by atoms with van der Waals surface area (Å²) in [7, 11) is 0. The molecule has 5 rings (SSSR count). The third-order valence-corrected chi connectivity index (χ3v) is 7.13. The highest BCUT2D eigenvalue weighted by molar-refractivity contribution is 6.08. The first-order chi connectivity index (χ1) is 18.8. The number of carbonyl (C=O) groups excluding carboxylic acids is 2. The maximum atomic E-state index is 13.4. The van der Waals surface area contributed by atoms with E-state index in [9.17, 15) is 19.5 Å². The van der Waals surface area contributed by atoms with E-state index in [0.29, 0.717) is 36.2 Å². The molecular formula is C32H29N3O4. The topological polar surface area (TPSA) is 101 Å². The predicted molar refractivity (Wildman–Crippen MR) is 149 cm³/mol. The van der Waals surface area contributed by atoms with E-state index in [1.807, 2.05) is 84.4 Å². The van der Waals surface area contributed by atoms with Crippen molar-refractivity contribution < 1.29 is 19.5 Å². The van der Waals surface area contributed by atoms with Crippen LogP contribution < -0.4 is 5.32 Å². The van der Waals surface area contributed by atoms with E-state index < -0.39 is 17.4 Å². The van der Waals surface area contributed by atoms with Crippen molar-refractivity contribution in [1.82, 2.24) is 14.9 Å². The van der Waals surface area contributed by atoms with Crippen LogP contribution in [0, 0.1) is 6.92 Å². The average Bonchev–Trinajstić information content (AvgIpc) is 3.35. The number of pyridine rings is 1. The van der Waals surface area contributed by atoms with Crippen LogP contribution in [0.25, 0.3) is 17.3 Å². The highest BCUT2D eigenvalue weighted by Crippen LogP contribution is 2.32. The van der Waals surface area contributed by atoms with Crippen LogP contribution in [0.4, 0.5) is 0 Å². The second-order valence-electron chi connectivity index (χ2n) is 9.90. The van der Waals surface area contributed by atoms with Crippen LogP contribution in [-0.4, -0.2) is 37.9 Å². The first kappa shape index (κ1) is 25.9. The van der Waals surface area contributed by atoms with Gasteiger partial charge < -0.3 is 15.0 Å². The molecule has 1 saturated carbocycles. The molecule has 0 spiro atoms. The van der Waals surface area contributed by atoms with E-state index in [1.54, 1.807) is 24.4 Å². The lowest BCUT2D eigenvalue weighted by molar-refractivity contribution is -0.148. The number of nitrogens with one attached hydrogen (secondary N) is 1. The summed E-state index contributed by atoms with van der Waals surface area (Å²) in [5, 5.41) is 12.2. The minimum absolute atomic E-state index is 0.0763. The molecule has 39 heavy (non-hydrogen) atoms. The summed E-state index contributed by atoms with van der Waals surface area (Å²) in [6, 6.07) is 22.1. The Bertz CT molecular complexity index is 1550. The lowest BCUT2D eigenvalue weighted by Gasteiger charge is -2.38. The van der Waals surface area contributed by atoms with E-state index in [-0.39, 0.29) is 5.78 Å². The molecule has 2 aromatic carbocycles. The van der Waals surface area contributed by atoms with Gasteiger partial charge in [0.1, 0.15) is 5.54 Å². The summed E-state index contributed by atoms with van der Waals surface area (Å²) in [5.41, 5.74) is 3.91. The van der Waals surface area contributed by atoms with Gasteiger partial charge in [-0.2, -0.15) is 0 Å². The Morgan fingerprint density at radius 3 is 2.46 bits per heavy atom. The number of carboxylic acids is 1. The Hall–Kier alpha value is -4.78. The van der Waals surface area contributed by atoms with Crippen LogP contribution in [0.5, 0.6) is 0 Å². The van der Waals surface area contributed by atoms with Gasteiger partial charge in [0.25, 0.3) is 5.91 Å². The number of ketones is 1. The molecule has 2 aromatic heterocycles. The van der Waals surface area contributed by atoms with Gasteiger partial charge in [-0.15, -0.1) is 0 Å². The Kier molecular flexibility index (Phi) is 7.23. The van der Waals surface area contributed by atoms with Gasteiger partial charge in [-0.25, -0.2) is 4.79 Å². The van der Waals surface area contributed by atoms with Gasteiger partial charge in [0.05, 0.1) is 11.4 Å². The average molecular weight is 520 g/mol. The summed E-state index contributed by atoms with van der Waals surface area (Å²) in [4.78, 5) is 42.2. The van der Waals surface area contributed by atoms with E-state index in [0.717, 1.165) is 28.8 Å². The third-order valence-electron chi connectivity index (χ3n) is 7.13. The molecule has 7 heteroatoms. The zero-order valence-corrected chi connectivity index (χ0v) is 21.6. The second kappa shape index (κ2) is 10.9. The van der Waals surface area contributed by atoms with Gasteiger partial charge in [-0.1, -0.05) is 60.2 Å². The lowest BCUT2D eigenvalue weighted by atomic mass is 9.76. The molecule has 1 amide bonds. The van der Waals surface area contributed by atoms with Crippen molar-refractivity contribution in [2.45, 2.75) is 38.3 Å². The van der Waals surface area contributed by atoms with Crippen molar-refractivity contribution in [2.75, 3.05) is 0 Å². The molecule has 0 unspecified atom stereocenters. The first-order valence-corrected chi connectivity index (χ1v) is 12.9. The fraction of sp³-hybridized carbons (Fsp3) is 0.188. The van der Waals surface area contributed by atoms with Gasteiger partial charge in [0, 0.05) is 35.6 Å². The fourth-order valence-electron chi connectivity index (χ4n) is 4.68. The van der Waals surface area contributed by atoms with E-state index >= 15 is 0 Å². The largest absolute Gasteiger partial charge is 0.480 e. The van der Waals surface area contributed by atoms with Gasteiger partial charge in [-0.3, -0.25) is 14.6 Å². The summed E-state index contributed by atoms with van der Waals surface area (Å²) >= 11 is 0. The molecule has 0 radical (unpaired) electrons. The minimum Gasteiger partial charge on any atom is -0.480 e. The minimum atomic E-state index is -1.16. The summed E-state index contributed by atoms with van der Waals surface area (Å²) in [6.07, 6.45) is 9.11. The number of aromatic nitrogens is 2. The highest BCUT2D eigenvalue weighted by atomic mass is 16.4. The van der Waals surface area contributed by atoms with Crippen LogP contribution in [0.3, 0.4) is 0 Å². The first-order valence-electron chi connectivity index (χ1n) is 12.9. The molecular weight excluding hydrogens is 490 g/mol. The Balaban J connectivity index is 1.37. The fourth-order valence-corrected chi connectivity index (χ4v) is 4.68. The number of carbonyl (C=O) groups is 3. The van der Waals surface area contributed by atoms with Gasteiger partial charge in [-0.05, 0) is 62.1 Å². The predicted octanol–water partition coefficient (Wildman–Crippen LogP) is 5.54. The Labute approximate surface area is 226 Å². The molecule has 2 N–H and O–H groups in total. The maximum absolute atomic E-state index is 13.4. The molecule has 2 heterocycles. The second-order valence-corrected chi connectivity index (χ2v) is 9.90. The molecule has 0 atom stereocenters. The summed E-state index contributed by atoms with van der Waals surface area (Å²) in [6.45, 7) is 2.41. The molecule has 0 aliphatic heterocycles. The van der Waals surface area contributed by atoms with E-state index in [4.69, 9.17) is 0 Å². The zero-order chi connectivity index (χ0) is 27.4. The molecule has 0 saturated heterocycles. The number of nitrogens with zero attached hydrogens (tertiary/aromatic N) is 2. The van der Waals surface area contributed by atoms with Gasteiger partial charge >= 0.3 is 5.97 Å². The number of benzene rings is 2. The monoisotopic (exact) mass is 519 g/mol. The van der Waals surface area contributed by atoms with Crippen molar-refractivity contribution in [1.29, 1.82) is 0 Å². The highest BCUT2D eigenvalue weighted by Gasteiger charge is 2.45. The smallest absolute Gasteiger partial charge is 0.329 e. The number of aliphatic carboxylic acids is 1. The summed E-state index contributed by atoms with van der Waals surface area (Å²) in [5.74, 6) is -1.47. The SMILES string of the molecule is Cc1ccc(C(=O)c2cc(-c3ccccn3)cn2C/C=C/c2cccc(C(=O)NC3(C(=O)O)CCC3)c2)cc1. The van der Waals surface area contributed by atoms with Crippen LogP contribution in [0.15, 0.2) is 91.3 Å². The normalized spacial score (nSPS) is 14.1. The molecule has 196 valence electrons. The van der Waals surface area contributed by atoms with Crippen LogP contribution in [0.1, 0.15) is 56.8 Å². The molecule has 1 fully saturated rings. The number of hydrogen-bond acceptors (Lipinski definition) is 4. The zero-order valence-electron chi connectivity index (χ0n) is 21.6. The number of amides is 1. The van der Waals surface area contributed by atoms with Gasteiger partial charge in [0.15, 0.2) is 0 Å². The lowest BCUT2D eigenvalue weighted by Crippen LogP contribution is -2.59. The third kappa shape index (κ3) is 5.57. The molecule has 7 nitrogen and oxygen atoms in total. The Morgan fingerprint density at radius 1 is 1.00 bits per heavy atom. The standard InChI is InChI=1S/C32H29N3O4/c1-22-11-13-24(14-12-22)29(36)28-20-26(27-10-2-3-17-33-27)21-35(28)18-5-8-23-7-4-9-25(19-23)30(37)34-32(31(38)39)15-6-16-32/h2-5,7-14,17,19-21H,6,15-16,18H2,1H3,(H,34,37)(H,38,39)/b8-5+. The Morgan fingerprint density at radius 2 is 1.79 bits per heavy atom. The summed E-state index contributed by atoms with van der Waals surface area (Å²) < 4.78 is 1.90. The number of carboxylic acid groups (broad SMARTS) is 1. The van der Waals surface area contributed by atoms with Crippen molar-refractivity contribution in [2.24, 2.45) is 0 Å². The number of allylic oxidation sites excluding steroid dienone is 1. The van der Waals surface area contributed by atoms with E-state index in [1.165, 1.54) is 0 Å². The van der Waals surface area contributed by atoms with Crippen molar-refractivity contribution in [3.63, 3.8) is 0 Å². The van der Waals surface area contributed by atoms with Crippen LogP contribution in [-0.2, 0) is 11.3 Å². The van der Waals surface area contributed by atoms with Gasteiger partial charge in [0.2, 0.25) is 5.78 Å². The van der Waals surface area contributed by atoms with Crippen molar-refractivity contribution in [3.8, 4) is 11.3 Å². The molecule has 0 bridgehead atoms. The maximum Gasteiger partial charge on any atom is 0.329 e. The van der Waals surface area contributed by atoms with Crippen LogP contribution >= 0.6 is 0 Å². The molecule has 4 aromatic rings. The molecule has 1 aliphatic carbocycles. The number of rotatable bonds is 9.